The van der Waals surface area contributed by atoms with Gasteiger partial charge in [0.1, 0.15) is 17.2 Å². The summed E-state index contributed by atoms with van der Waals surface area (Å²) in [6.45, 7) is 2.81. The molecule has 0 aliphatic carbocycles. The Labute approximate surface area is 118 Å². The summed E-state index contributed by atoms with van der Waals surface area (Å²) in [4.78, 5) is 13.6. The second-order valence-electron chi connectivity index (χ2n) is 4.93. The van der Waals surface area contributed by atoms with E-state index in [1.807, 2.05) is 6.92 Å². The molecule has 1 heterocycles. The van der Waals surface area contributed by atoms with Gasteiger partial charge in [0.15, 0.2) is 0 Å². The molecule has 2 N–H and O–H groups in total. The lowest BCUT2D eigenvalue weighted by Gasteiger charge is -2.35. The number of nitrogens with two attached hydrogens (primary N) is 1. The van der Waals surface area contributed by atoms with Gasteiger partial charge < -0.3 is 10.6 Å². The maximum absolute atomic E-state index is 13.7. The molecule has 2 atom stereocenters. The highest BCUT2D eigenvalue weighted by atomic mass is 79.9. The Bertz CT molecular complexity index is 486. The molecule has 1 aromatic rings. The van der Waals surface area contributed by atoms with Crippen molar-refractivity contribution in [1.29, 1.82) is 0 Å². The van der Waals surface area contributed by atoms with Crippen molar-refractivity contribution in [3.05, 3.63) is 33.8 Å². The number of nitrogens with zero attached hydrogens (tertiary/aromatic N) is 1. The van der Waals surface area contributed by atoms with Crippen LogP contribution >= 0.6 is 15.9 Å². The van der Waals surface area contributed by atoms with E-state index in [9.17, 15) is 13.6 Å². The number of rotatable bonds is 1. The lowest BCUT2D eigenvalue weighted by atomic mass is 9.94. The van der Waals surface area contributed by atoms with Crippen LogP contribution in [-0.2, 0) is 0 Å². The van der Waals surface area contributed by atoms with E-state index in [-0.39, 0.29) is 10.5 Å². The Morgan fingerprint density at radius 3 is 2.53 bits per heavy atom. The number of halogens is 3. The first-order chi connectivity index (χ1) is 8.90. The van der Waals surface area contributed by atoms with Gasteiger partial charge in [0.2, 0.25) is 0 Å². The summed E-state index contributed by atoms with van der Waals surface area (Å²) >= 11 is 2.98. The van der Waals surface area contributed by atoms with Crippen LogP contribution in [0.4, 0.5) is 8.78 Å². The zero-order chi connectivity index (χ0) is 14.2. The van der Waals surface area contributed by atoms with Gasteiger partial charge in [0, 0.05) is 23.6 Å². The number of carbonyl (C=O) groups is 1. The van der Waals surface area contributed by atoms with Crippen LogP contribution in [-0.4, -0.2) is 29.9 Å². The molecule has 3 nitrogen and oxygen atoms in total. The van der Waals surface area contributed by atoms with Crippen molar-refractivity contribution >= 4 is 21.8 Å². The van der Waals surface area contributed by atoms with Crippen molar-refractivity contribution in [2.45, 2.75) is 19.4 Å². The Morgan fingerprint density at radius 1 is 1.42 bits per heavy atom. The summed E-state index contributed by atoms with van der Waals surface area (Å²) in [5.41, 5.74) is 5.39. The highest BCUT2D eigenvalue weighted by molar-refractivity contribution is 9.10. The zero-order valence-corrected chi connectivity index (χ0v) is 12.1. The molecule has 0 spiro atoms. The summed E-state index contributed by atoms with van der Waals surface area (Å²) in [5, 5.41) is 0. The molecule has 0 saturated carbocycles. The molecule has 1 fully saturated rings. The van der Waals surface area contributed by atoms with Crippen molar-refractivity contribution in [3.8, 4) is 0 Å². The van der Waals surface area contributed by atoms with E-state index in [2.05, 4.69) is 15.9 Å². The Balaban J connectivity index is 2.25. The monoisotopic (exact) mass is 332 g/mol. The predicted molar refractivity (Wildman–Crippen MR) is 71.7 cm³/mol. The maximum Gasteiger partial charge on any atom is 0.259 e. The second kappa shape index (κ2) is 5.54. The maximum atomic E-state index is 13.7. The number of hydrogen-bond acceptors (Lipinski definition) is 2. The van der Waals surface area contributed by atoms with Crippen LogP contribution in [0.2, 0.25) is 0 Å². The van der Waals surface area contributed by atoms with Gasteiger partial charge in [-0.15, -0.1) is 0 Å². The molecule has 0 aromatic heterocycles. The first kappa shape index (κ1) is 14.4. The van der Waals surface area contributed by atoms with E-state index in [0.717, 1.165) is 18.6 Å². The number of benzene rings is 1. The number of likely N-dealkylation sites (tertiary alicyclic amines) is 1. The predicted octanol–water partition coefficient (Wildman–Crippen LogP) is 2.54. The molecule has 1 aromatic carbocycles. The quantitative estimate of drug-likeness (QED) is 0.859. The molecule has 1 aliphatic rings. The van der Waals surface area contributed by atoms with Gasteiger partial charge in [-0.3, -0.25) is 4.79 Å². The van der Waals surface area contributed by atoms with E-state index >= 15 is 0 Å². The highest BCUT2D eigenvalue weighted by Gasteiger charge is 2.30. The van der Waals surface area contributed by atoms with Crippen LogP contribution in [0.3, 0.4) is 0 Å². The summed E-state index contributed by atoms with van der Waals surface area (Å²) in [5.74, 6) is -2.04. The fourth-order valence-electron chi connectivity index (χ4n) is 2.19. The first-order valence-electron chi connectivity index (χ1n) is 6.09. The Kier molecular flexibility index (Phi) is 4.20. The summed E-state index contributed by atoms with van der Waals surface area (Å²) in [6.07, 6.45) is 0.743. The van der Waals surface area contributed by atoms with E-state index in [1.165, 1.54) is 4.90 Å². The van der Waals surface area contributed by atoms with E-state index in [1.54, 1.807) is 0 Å². The number of carbonyl (C=O) groups excluding carboxylic acids is 1. The molecule has 2 rings (SSSR count). The molecule has 19 heavy (non-hydrogen) atoms. The summed E-state index contributed by atoms with van der Waals surface area (Å²) in [6, 6.07) is 2.02. The normalized spacial score (nSPS) is 23.5. The summed E-state index contributed by atoms with van der Waals surface area (Å²) < 4.78 is 27.8. The number of amides is 1. The van der Waals surface area contributed by atoms with Crippen LogP contribution in [0.25, 0.3) is 0 Å². The van der Waals surface area contributed by atoms with Crippen LogP contribution in [0.15, 0.2) is 16.6 Å². The smallest absolute Gasteiger partial charge is 0.259 e. The average Bonchev–Trinajstić information content (AvgIpc) is 2.31. The van der Waals surface area contributed by atoms with Gasteiger partial charge in [-0.2, -0.15) is 0 Å². The van der Waals surface area contributed by atoms with Crippen molar-refractivity contribution in [1.82, 2.24) is 4.90 Å². The van der Waals surface area contributed by atoms with Gasteiger partial charge in [0.25, 0.3) is 5.91 Å². The molecule has 0 radical (unpaired) electrons. The molecule has 2 unspecified atom stereocenters. The molecule has 1 amide bonds. The third-order valence-electron chi connectivity index (χ3n) is 3.52. The van der Waals surface area contributed by atoms with Crippen LogP contribution in [0.5, 0.6) is 0 Å². The Hall–Kier alpha value is -1.01. The van der Waals surface area contributed by atoms with Gasteiger partial charge in [-0.05, 0) is 24.5 Å². The minimum absolute atomic E-state index is 0.153. The third-order valence-corrected chi connectivity index (χ3v) is 3.98. The topological polar surface area (TPSA) is 46.3 Å². The average molecular weight is 333 g/mol. The van der Waals surface area contributed by atoms with E-state index < -0.39 is 23.1 Å². The lowest BCUT2D eigenvalue weighted by Crippen LogP contribution is -2.50. The van der Waals surface area contributed by atoms with Gasteiger partial charge in [0.05, 0.1) is 0 Å². The SMILES string of the molecule is CC1CCN(C(=O)c2c(F)cc(Br)cc2F)CC1N. The van der Waals surface area contributed by atoms with E-state index in [4.69, 9.17) is 5.73 Å². The minimum Gasteiger partial charge on any atom is -0.337 e. The second-order valence-corrected chi connectivity index (χ2v) is 5.84. The molecule has 1 saturated heterocycles. The highest BCUT2D eigenvalue weighted by Crippen LogP contribution is 2.23. The van der Waals surface area contributed by atoms with Crippen molar-refractivity contribution in [2.24, 2.45) is 11.7 Å². The van der Waals surface area contributed by atoms with Crippen molar-refractivity contribution < 1.29 is 13.6 Å². The van der Waals surface area contributed by atoms with Crippen LogP contribution < -0.4 is 5.73 Å². The fourth-order valence-corrected chi connectivity index (χ4v) is 2.59. The van der Waals surface area contributed by atoms with E-state index in [0.29, 0.717) is 19.0 Å². The minimum atomic E-state index is -0.857. The molecular weight excluding hydrogens is 318 g/mol. The molecule has 104 valence electrons. The van der Waals surface area contributed by atoms with Crippen molar-refractivity contribution in [2.75, 3.05) is 13.1 Å². The lowest BCUT2D eigenvalue weighted by molar-refractivity contribution is 0.0662. The number of hydrogen-bond donors (Lipinski definition) is 1. The third kappa shape index (κ3) is 2.95. The Morgan fingerprint density at radius 2 is 2.00 bits per heavy atom. The molecule has 1 aliphatic heterocycles. The fraction of sp³-hybridized carbons (Fsp3) is 0.462. The summed E-state index contributed by atoms with van der Waals surface area (Å²) in [7, 11) is 0. The number of piperidine rings is 1. The van der Waals surface area contributed by atoms with Crippen LogP contribution in [0, 0.1) is 17.6 Å². The standard InChI is InChI=1S/C13H15BrF2N2O/c1-7-2-3-18(6-11(7)17)13(19)12-9(15)4-8(14)5-10(12)16/h4-5,7,11H,2-3,6,17H2,1H3. The molecule has 0 bridgehead atoms. The first-order valence-corrected chi connectivity index (χ1v) is 6.89. The van der Waals surface area contributed by atoms with Gasteiger partial charge in [-0.1, -0.05) is 22.9 Å². The van der Waals surface area contributed by atoms with Gasteiger partial charge >= 0.3 is 0 Å². The van der Waals surface area contributed by atoms with Gasteiger partial charge in [-0.25, -0.2) is 8.78 Å². The van der Waals surface area contributed by atoms with Crippen LogP contribution in [0.1, 0.15) is 23.7 Å². The van der Waals surface area contributed by atoms with Crippen molar-refractivity contribution in [3.63, 3.8) is 0 Å². The molecule has 6 heteroatoms. The molecular formula is C13H15BrF2N2O. The largest absolute Gasteiger partial charge is 0.337 e. The zero-order valence-electron chi connectivity index (χ0n) is 10.5.